The van der Waals surface area contributed by atoms with E-state index >= 15 is 0 Å². The molecule has 0 aromatic heterocycles. The summed E-state index contributed by atoms with van der Waals surface area (Å²) in [6, 6.07) is 0. The number of hydrogen-bond donors (Lipinski definition) is 2. The predicted octanol–water partition coefficient (Wildman–Crippen LogP) is 2.04. The summed E-state index contributed by atoms with van der Waals surface area (Å²) in [7, 11) is 1.86. The molecular weight excluding hydrogens is 266 g/mol. The van der Waals surface area contributed by atoms with E-state index < -0.39 is 0 Å². The number of nitrogens with zero attached hydrogens (tertiary/aromatic N) is 2. The fourth-order valence-corrected chi connectivity index (χ4v) is 5.46. The molecule has 1 atom stereocenters. The SMILES string of the molecule is CC(CN(C)C(=O)C12CC3CC(CC(C3)C1)C2)C(N)=NO. The fourth-order valence-electron chi connectivity index (χ4n) is 5.46. The first-order chi connectivity index (χ1) is 9.93. The van der Waals surface area contributed by atoms with Gasteiger partial charge in [-0.05, 0) is 56.3 Å². The van der Waals surface area contributed by atoms with Crippen LogP contribution in [0.2, 0.25) is 0 Å². The van der Waals surface area contributed by atoms with Gasteiger partial charge in [-0.25, -0.2) is 0 Å². The topological polar surface area (TPSA) is 78.9 Å². The van der Waals surface area contributed by atoms with Crippen molar-refractivity contribution in [1.29, 1.82) is 0 Å². The number of oxime groups is 1. The predicted molar refractivity (Wildman–Crippen MR) is 80.8 cm³/mol. The summed E-state index contributed by atoms with van der Waals surface area (Å²) in [4.78, 5) is 14.8. The Morgan fingerprint density at radius 3 is 2.19 bits per heavy atom. The maximum atomic E-state index is 13.0. The largest absolute Gasteiger partial charge is 0.409 e. The van der Waals surface area contributed by atoms with Gasteiger partial charge in [-0.2, -0.15) is 0 Å². The van der Waals surface area contributed by atoms with Gasteiger partial charge in [0.2, 0.25) is 5.91 Å². The number of amidine groups is 1. The summed E-state index contributed by atoms with van der Waals surface area (Å²) >= 11 is 0. The van der Waals surface area contributed by atoms with E-state index in [9.17, 15) is 4.79 Å². The minimum Gasteiger partial charge on any atom is -0.409 e. The highest BCUT2D eigenvalue weighted by Gasteiger charge is 2.55. The average molecular weight is 293 g/mol. The summed E-state index contributed by atoms with van der Waals surface area (Å²) < 4.78 is 0. The van der Waals surface area contributed by atoms with Crippen LogP contribution in [0.1, 0.15) is 45.4 Å². The molecule has 4 fully saturated rings. The summed E-state index contributed by atoms with van der Waals surface area (Å²) in [5.41, 5.74) is 5.53. The molecule has 3 N–H and O–H groups in total. The maximum Gasteiger partial charge on any atom is 0.228 e. The van der Waals surface area contributed by atoms with Crippen molar-refractivity contribution in [2.45, 2.75) is 45.4 Å². The van der Waals surface area contributed by atoms with Gasteiger partial charge in [0.05, 0.1) is 5.41 Å². The van der Waals surface area contributed by atoms with Gasteiger partial charge < -0.3 is 15.8 Å². The maximum absolute atomic E-state index is 13.0. The Hall–Kier alpha value is -1.26. The third-order valence-corrected chi connectivity index (χ3v) is 6.01. The van der Waals surface area contributed by atoms with Crippen molar-refractivity contribution in [3.8, 4) is 0 Å². The molecule has 0 spiro atoms. The van der Waals surface area contributed by atoms with Crippen LogP contribution in [-0.2, 0) is 4.79 Å². The number of rotatable bonds is 4. The van der Waals surface area contributed by atoms with Crippen LogP contribution in [0.25, 0.3) is 0 Å². The molecule has 4 rings (SSSR count). The lowest BCUT2D eigenvalue weighted by atomic mass is 9.49. The van der Waals surface area contributed by atoms with Crippen LogP contribution >= 0.6 is 0 Å². The normalized spacial score (nSPS) is 39.3. The van der Waals surface area contributed by atoms with Crippen molar-refractivity contribution in [1.82, 2.24) is 4.90 Å². The Bertz CT molecular complexity index is 425. The van der Waals surface area contributed by atoms with Crippen LogP contribution in [0.5, 0.6) is 0 Å². The lowest BCUT2D eigenvalue weighted by Gasteiger charge is -2.56. The molecule has 1 amide bonds. The monoisotopic (exact) mass is 293 g/mol. The molecule has 21 heavy (non-hydrogen) atoms. The summed E-state index contributed by atoms with van der Waals surface area (Å²) in [6.07, 6.45) is 7.28. The van der Waals surface area contributed by atoms with Crippen molar-refractivity contribution >= 4 is 11.7 Å². The Morgan fingerprint density at radius 1 is 1.29 bits per heavy atom. The second-order valence-corrected chi connectivity index (χ2v) is 7.81. The summed E-state index contributed by atoms with van der Waals surface area (Å²) in [6.45, 7) is 2.41. The molecular formula is C16H27N3O2. The highest BCUT2D eigenvalue weighted by Crippen LogP contribution is 2.60. The Labute approximate surface area is 126 Å². The lowest BCUT2D eigenvalue weighted by molar-refractivity contribution is -0.156. The van der Waals surface area contributed by atoms with E-state index in [2.05, 4.69) is 5.16 Å². The number of nitrogens with two attached hydrogens (primary N) is 1. The van der Waals surface area contributed by atoms with Gasteiger partial charge in [0.25, 0.3) is 0 Å². The van der Waals surface area contributed by atoms with E-state index in [0.29, 0.717) is 12.5 Å². The van der Waals surface area contributed by atoms with E-state index in [1.807, 2.05) is 18.9 Å². The first kappa shape index (κ1) is 14.7. The molecule has 5 heteroatoms. The zero-order valence-corrected chi connectivity index (χ0v) is 13.1. The Morgan fingerprint density at radius 2 is 1.76 bits per heavy atom. The van der Waals surface area contributed by atoms with Crippen molar-refractivity contribution in [3.63, 3.8) is 0 Å². The van der Waals surface area contributed by atoms with Crippen LogP contribution < -0.4 is 5.73 Å². The van der Waals surface area contributed by atoms with Crippen LogP contribution in [0.3, 0.4) is 0 Å². The van der Waals surface area contributed by atoms with Gasteiger partial charge in [-0.3, -0.25) is 4.79 Å². The lowest BCUT2D eigenvalue weighted by Crippen LogP contribution is -2.54. The molecule has 0 heterocycles. The Balaban J connectivity index is 1.70. The van der Waals surface area contributed by atoms with Gasteiger partial charge >= 0.3 is 0 Å². The van der Waals surface area contributed by atoms with E-state index in [1.54, 1.807) is 0 Å². The summed E-state index contributed by atoms with van der Waals surface area (Å²) in [5, 5.41) is 11.8. The summed E-state index contributed by atoms with van der Waals surface area (Å²) in [5.74, 6) is 2.69. The number of carbonyl (C=O) groups excluding carboxylic acids is 1. The van der Waals surface area contributed by atoms with E-state index in [0.717, 1.165) is 37.0 Å². The molecule has 4 saturated carbocycles. The zero-order chi connectivity index (χ0) is 15.2. The minimum absolute atomic E-state index is 0.103. The number of amides is 1. The highest BCUT2D eigenvalue weighted by atomic mass is 16.4. The standard InChI is InChI=1S/C16H27N3O2/c1-10(14(17)18-21)9-19(2)15(20)16-6-11-3-12(7-16)5-13(4-11)8-16/h10-13,21H,3-9H2,1-2H3,(H2,17,18). The van der Waals surface area contributed by atoms with Gasteiger partial charge in [-0.15, -0.1) is 0 Å². The average Bonchev–Trinajstić information content (AvgIpc) is 2.43. The zero-order valence-electron chi connectivity index (χ0n) is 13.1. The third kappa shape index (κ3) is 2.51. The second-order valence-electron chi connectivity index (χ2n) is 7.81. The molecule has 4 aliphatic carbocycles. The minimum atomic E-state index is -0.113. The van der Waals surface area contributed by atoms with Gasteiger partial charge in [0.15, 0.2) is 0 Å². The molecule has 118 valence electrons. The van der Waals surface area contributed by atoms with Crippen molar-refractivity contribution in [3.05, 3.63) is 0 Å². The smallest absolute Gasteiger partial charge is 0.228 e. The van der Waals surface area contributed by atoms with Gasteiger partial charge in [-0.1, -0.05) is 12.1 Å². The molecule has 4 bridgehead atoms. The van der Waals surface area contributed by atoms with Crippen molar-refractivity contribution < 1.29 is 10.0 Å². The fraction of sp³-hybridized carbons (Fsp3) is 0.875. The van der Waals surface area contributed by atoms with E-state index in [4.69, 9.17) is 10.9 Å². The molecule has 0 aromatic carbocycles. The van der Waals surface area contributed by atoms with Crippen molar-refractivity contribution in [2.24, 2.45) is 40.0 Å². The molecule has 1 unspecified atom stereocenters. The van der Waals surface area contributed by atoms with Gasteiger partial charge in [0, 0.05) is 19.5 Å². The third-order valence-electron chi connectivity index (χ3n) is 6.01. The Kier molecular flexibility index (Phi) is 3.62. The molecule has 0 radical (unpaired) electrons. The number of carbonyl (C=O) groups is 1. The first-order valence-electron chi connectivity index (χ1n) is 8.16. The quantitative estimate of drug-likeness (QED) is 0.360. The van der Waals surface area contributed by atoms with Crippen molar-refractivity contribution in [2.75, 3.05) is 13.6 Å². The molecule has 5 nitrogen and oxygen atoms in total. The van der Waals surface area contributed by atoms with Crippen LogP contribution in [0, 0.1) is 29.1 Å². The molecule has 0 saturated heterocycles. The van der Waals surface area contributed by atoms with Crippen LogP contribution in [0.4, 0.5) is 0 Å². The molecule has 0 aromatic rings. The van der Waals surface area contributed by atoms with E-state index in [-0.39, 0.29) is 17.2 Å². The second kappa shape index (κ2) is 5.18. The molecule has 0 aliphatic heterocycles. The number of hydrogen-bond acceptors (Lipinski definition) is 3. The van der Waals surface area contributed by atoms with E-state index in [1.165, 1.54) is 19.3 Å². The first-order valence-corrected chi connectivity index (χ1v) is 8.16. The molecule has 4 aliphatic rings. The van der Waals surface area contributed by atoms with Gasteiger partial charge in [0.1, 0.15) is 5.84 Å². The highest BCUT2D eigenvalue weighted by molar-refractivity contribution is 5.85. The van der Waals surface area contributed by atoms with Crippen LogP contribution in [-0.4, -0.2) is 35.4 Å². The van der Waals surface area contributed by atoms with Crippen LogP contribution in [0.15, 0.2) is 5.16 Å².